The molecule has 0 spiro atoms. The minimum atomic E-state index is -0.282. The SMILES string of the molecule is NC(c1ccccc1)c1nnc2ccc(Br)cn12. The third kappa shape index (κ3) is 1.91. The van der Waals surface area contributed by atoms with Gasteiger partial charge in [0.05, 0.1) is 6.04 Å². The maximum Gasteiger partial charge on any atom is 0.160 e. The summed E-state index contributed by atoms with van der Waals surface area (Å²) in [4.78, 5) is 0. The van der Waals surface area contributed by atoms with E-state index in [4.69, 9.17) is 5.73 Å². The lowest BCUT2D eigenvalue weighted by molar-refractivity contribution is 0.765. The first-order valence-corrected chi connectivity index (χ1v) is 6.36. The van der Waals surface area contributed by atoms with E-state index in [1.165, 1.54) is 0 Å². The van der Waals surface area contributed by atoms with E-state index in [9.17, 15) is 0 Å². The van der Waals surface area contributed by atoms with Gasteiger partial charge in [-0.1, -0.05) is 30.3 Å². The molecule has 0 fully saturated rings. The van der Waals surface area contributed by atoms with Crippen LogP contribution in [0.25, 0.3) is 5.65 Å². The molecule has 1 unspecified atom stereocenters. The third-order valence-corrected chi connectivity index (χ3v) is 3.30. The summed E-state index contributed by atoms with van der Waals surface area (Å²) < 4.78 is 2.87. The van der Waals surface area contributed by atoms with Gasteiger partial charge in [0.2, 0.25) is 0 Å². The van der Waals surface area contributed by atoms with Crippen molar-refractivity contribution in [3.63, 3.8) is 0 Å². The third-order valence-electron chi connectivity index (χ3n) is 2.83. The number of hydrogen-bond donors (Lipinski definition) is 1. The Balaban J connectivity index is 2.12. The number of benzene rings is 1. The molecule has 90 valence electrons. The van der Waals surface area contributed by atoms with Gasteiger partial charge in [0.15, 0.2) is 11.5 Å². The molecule has 0 saturated heterocycles. The van der Waals surface area contributed by atoms with E-state index in [0.717, 1.165) is 21.5 Å². The fourth-order valence-corrected chi connectivity index (χ4v) is 2.24. The van der Waals surface area contributed by atoms with Crippen molar-refractivity contribution in [2.24, 2.45) is 5.73 Å². The first kappa shape index (κ1) is 11.4. The molecule has 2 heterocycles. The molecule has 0 radical (unpaired) electrons. The van der Waals surface area contributed by atoms with Crippen LogP contribution in [0.15, 0.2) is 53.1 Å². The van der Waals surface area contributed by atoms with Crippen LogP contribution >= 0.6 is 15.9 Å². The smallest absolute Gasteiger partial charge is 0.160 e. The van der Waals surface area contributed by atoms with Crippen molar-refractivity contribution >= 4 is 21.6 Å². The summed E-state index contributed by atoms with van der Waals surface area (Å²) in [5.74, 6) is 0.734. The van der Waals surface area contributed by atoms with Crippen LogP contribution in [0.4, 0.5) is 0 Å². The molecule has 4 nitrogen and oxygen atoms in total. The average Bonchev–Trinajstić information content (AvgIpc) is 2.82. The van der Waals surface area contributed by atoms with Gasteiger partial charge in [-0.15, -0.1) is 10.2 Å². The highest BCUT2D eigenvalue weighted by Crippen LogP contribution is 2.20. The van der Waals surface area contributed by atoms with Crippen molar-refractivity contribution in [2.45, 2.75) is 6.04 Å². The zero-order valence-corrected chi connectivity index (χ0v) is 11.1. The molecule has 5 heteroatoms. The summed E-state index contributed by atoms with van der Waals surface area (Å²) in [5.41, 5.74) is 8.05. The first-order valence-electron chi connectivity index (χ1n) is 5.56. The Bertz CT molecular complexity index is 678. The highest BCUT2D eigenvalue weighted by molar-refractivity contribution is 9.10. The van der Waals surface area contributed by atoms with Gasteiger partial charge >= 0.3 is 0 Å². The Hall–Kier alpha value is -1.72. The summed E-state index contributed by atoms with van der Waals surface area (Å²) in [6.07, 6.45) is 1.92. The van der Waals surface area contributed by atoms with E-state index >= 15 is 0 Å². The summed E-state index contributed by atoms with van der Waals surface area (Å²) in [6.45, 7) is 0. The van der Waals surface area contributed by atoms with Gasteiger partial charge in [0.25, 0.3) is 0 Å². The zero-order chi connectivity index (χ0) is 12.5. The standard InChI is InChI=1S/C13H11BrN4/c14-10-6-7-11-16-17-13(18(11)8-10)12(15)9-4-2-1-3-5-9/h1-8,12H,15H2. The second-order valence-corrected chi connectivity index (χ2v) is 4.94. The highest BCUT2D eigenvalue weighted by atomic mass is 79.9. The molecule has 3 rings (SSSR count). The van der Waals surface area contributed by atoms with Crippen LogP contribution in [-0.2, 0) is 0 Å². The molecule has 1 aromatic carbocycles. The van der Waals surface area contributed by atoms with Crippen molar-refractivity contribution in [2.75, 3.05) is 0 Å². The van der Waals surface area contributed by atoms with Gasteiger partial charge in [0, 0.05) is 10.7 Å². The fourth-order valence-electron chi connectivity index (χ4n) is 1.90. The molecule has 0 saturated carbocycles. The lowest BCUT2D eigenvalue weighted by Gasteiger charge is -2.10. The molecule has 0 bridgehead atoms. The lowest BCUT2D eigenvalue weighted by Crippen LogP contribution is -2.15. The second kappa shape index (κ2) is 4.51. The number of nitrogens with two attached hydrogens (primary N) is 1. The minimum Gasteiger partial charge on any atom is -0.318 e. The number of fused-ring (bicyclic) bond motifs is 1. The van der Waals surface area contributed by atoms with Gasteiger partial charge < -0.3 is 5.73 Å². The minimum absolute atomic E-state index is 0.282. The van der Waals surface area contributed by atoms with E-state index in [-0.39, 0.29) is 6.04 Å². The van der Waals surface area contributed by atoms with Gasteiger partial charge in [-0.25, -0.2) is 0 Å². The maximum atomic E-state index is 6.24. The van der Waals surface area contributed by atoms with Gasteiger partial charge in [-0.2, -0.15) is 0 Å². The van der Waals surface area contributed by atoms with E-state index in [1.807, 2.05) is 53.1 Å². The van der Waals surface area contributed by atoms with Crippen molar-refractivity contribution in [1.29, 1.82) is 0 Å². The van der Waals surface area contributed by atoms with E-state index in [2.05, 4.69) is 26.1 Å². The highest BCUT2D eigenvalue weighted by Gasteiger charge is 2.15. The van der Waals surface area contributed by atoms with Crippen LogP contribution in [0.3, 0.4) is 0 Å². The number of hydrogen-bond acceptors (Lipinski definition) is 3. The molecule has 1 atom stereocenters. The second-order valence-electron chi connectivity index (χ2n) is 4.02. The summed E-state index contributed by atoms with van der Waals surface area (Å²) in [6, 6.07) is 13.4. The quantitative estimate of drug-likeness (QED) is 0.791. The molecular formula is C13H11BrN4. The molecule has 0 amide bonds. The molecule has 0 aliphatic carbocycles. The molecule has 3 aromatic rings. The van der Waals surface area contributed by atoms with Crippen LogP contribution in [0.5, 0.6) is 0 Å². The molecular weight excluding hydrogens is 292 g/mol. The molecule has 2 aromatic heterocycles. The summed E-state index contributed by atoms with van der Waals surface area (Å²) >= 11 is 3.44. The van der Waals surface area contributed by atoms with Crippen molar-refractivity contribution in [3.05, 3.63) is 64.5 Å². The predicted molar refractivity (Wildman–Crippen MR) is 73.2 cm³/mol. The van der Waals surface area contributed by atoms with E-state index in [0.29, 0.717) is 0 Å². The predicted octanol–water partition coefficient (Wildman–Crippen LogP) is 2.54. The van der Waals surface area contributed by atoms with E-state index < -0.39 is 0 Å². The summed E-state index contributed by atoms with van der Waals surface area (Å²) in [7, 11) is 0. The van der Waals surface area contributed by atoms with E-state index in [1.54, 1.807) is 0 Å². The Morgan fingerprint density at radius 1 is 1.06 bits per heavy atom. The summed E-state index contributed by atoms with van der Waals surface area (Å²) in [5, 5.41) is 8.30. The monoisotopic (exact) mass is 302 g/mol. The Kier molecular flexibility index (Phi) is 2.85. The molecule has 0 aliphatic rings. The van der Waals surface area contributed by atoms with Crippen molar-refractivity contribution in [3.8, 4) is 0 Å². The van der Waals surface area contributed by atoms with Gasteiger partial charge in [-0.05, 0) is 33.6 Å². The number of pyridine rings is 1. The lowest BCUT2D eigenvalue weighted by atomic mass is 10.1. The fraction of sp³-hybridized carbons (Fsp3) is 0.0769. The van der Waals surface area contributed by atoms with Crippen molar-refractivity contribution < 1.29 is 0 Å². The largest absolute Gasteiger partial charge is 0.318 e. The van der Waals surface area contributed by atoms with Crippen LogP contribution in [0, 0.1) is 0 Å². The van der Waals surface area contributed by atoms with Gasteiger partial charge in [-0.3, -0.25) is 4.40 Å². The molecule has 0 aliphatic heterocycles. The van der Waals surface area contributed by atoms with Crippen LogP contribution in [0.2, 0.25) is 0 Å². The maximum absolute atomic E-state index is 6.24. The van der Waals surface area contributed by atoms with Crippen LogP contribution in [-0.4, -0.2) is 14.6 Å². The topological polar surface area (TPSA) is 56.2 Å². The first-order chi connectivity index (χ1) is 8.75. The molecule has 18 heavy (non-hydrogen) atoms. The number of aromatic nitrogens is 3. The average molecular weight is 303 g/mol. The van der Waals surface area contributed by atoms with Gasteiger partial charge in [0.1, 0.15) is 0 Å². The normalized spacial score (nSPS) is 12.8. The zero-order valence-electron chi connectivity index (χ0n) is 9.49. The molecule has 2 N–H and O–H groups in total. The van der Waals surface area contributed by atoms with Crippen molar-refractivity contribution in [1.82, 2.24) is 14.6 Å². The number of rotatable bonds is 2. The number of nitrogens with zero attached hydrogens (tertiary/aromatic N) is 3. The Morgan fingerprint density at radius 2 is 1.83 bits per heavy atom. The Labute approximate surface area is 113 Å². The Morgan fingerprint density at radius 3 is 2.61 bits per heavy atom. The van der Waals surface area contributed by atoms with Crippen LogP contribution < -0.4 is 5.73 Å². The van der Waals surface area contributed by atoms with Crippen LogP contribution in [0.1, 0.15) is 17.4 Å². The number of halogens is 1.